The predicted octanol–water partition coefficient (Wildman–Crippen LogP) is 3.37. The average molecular weight is 492 g/mol. The molecule has 1 aliphatic heterocycles. The van der Waals surface area contributed by atoms with Crippen LogP contribution in [0.4, 0.5) is 17.3 Å². The van der Waals surface area contributed by atoms with Gasteiger partial charge >= 0.3 is 0 Å². The number of piperazine rings is 1. The van der Waals surface area contributed by atoms with Crippen molar-refractivity contribution < 1.29 is 9.59 Å². The monoisotopic (exact) mass is 491 g/mol. The normalized spacial score (nSPS) is 15.3. The van der Waals surface area contributed by atoms with Crippen molar-refractivity contribution in [2.45, 2.75) is 40.2 Å². The van der Waals surface area contributed by atoms with Crippen LogP contribution in [0.15, 0.2) is 24.4 Å². The van der Waals surface area contributed by atoms with Crippen LogP contribution in [0.1, 0.15) is 35.7 Å². The summed E-state index contributed by atoms with van der Waals surface area (Å²) in [5.41, 5.74) is 5.76. The van der Waals surface area contributed by atoms with Gasteiger partial charge in [0, 0.05) is 57.6 Å². The van der Waals surface area contributed by atoms with Gasteiger partial charge in [0.15, 0.2) is 0 Å². The summed E-state index contributed by atoms with van der Waals surface area (Å²) >= 11 is 1.71. The Bertz CT molecular complexity index is 1280. The second-order valence-corrected chi connectivity index (χ2v) is 10.2. The van der Waals surface area contributed by atoms with Gasteiger partial charge in [-0.3, -0.25) is 14.5 Å². The smallest absolute Gasteiger partial charge is 0.227 e. The van der Waals surface area contributed by atoms with E-state index in [4.69, 9.17) is 9.97 Å². The summed E-state index contributed by atoms with van der Waals surface area (Å²) in [5.74, 6) is 0.555. The van der Waals surface area contributed by atoms with E-state index in [2.05, 4.69) is 20.5 Å². The lowest BCUT2D eigenvalue weighted by Gasteiger charge is -2.33. The SMILES string of the molecule is CC(=O)Nc1cc(C)cc(Nc2ncc3c(n2)-c2sc(CN4CCN(C(C)=O)CC4)nc2CC3)c1. The summed E-state index contributed by atoms with van der Waals surface area (Å²) in [5, 5.41) is 7.21. The zero-order valence-corrected chi connectivity index (χ0v) is 21.0. The van der Waals surface area contributed by atoms with Crippen LogP contribution in [0.3, 0.4) is 0 Å². The molecule has 2 N–H and O–H groups in total. The first kappa shape index (κ1) is 23.4. The summed E-state index contributed by atoms with van der Waals surface area (Å²) in [6.07, 6.45) is 3.67. The topological polar surface area (TPSA) is 103 Å². The van der Waals surface area contributed by atoms with Crippen LogP contribution in [0, 0.1) is 6.92 Å². The molecule has 0 spiro atoms. The van der Waals surface area contributed by atoms with Crippen molar-refractivity contribution in [1.82, 2.24) is 24.8 Å². The van der Waals surface area contributed by atoms with Gasteiger partial charge in [0.2, 0.25) is 17.8 Å². The van der Waals surface area contributed by atoms with Gasteiger partial charge in [-0.25, -0.2) is 15.0 Å². The van der Waals surface area contributed by atoms with E-state index in [0.29, 0.717) is 5.95 Å². The average Bonchev–Trinajstić information content (AvgIpc) is 3.21. The van der Waals surface area contributed by atoms with E-state index in [1.807, 2.05) is 36.2 Å². The molecule has 9 nitrogen and oxygen atoms in total. The van der Waals surface area contributed by atoms with Gasteiger partial charge in [-0.2, -0.15) is 0 Å². The quantitative estimate of drug-likeness (QED) is 0.564. The Hall–Kier alpha value is -3.37. The van der Waals surface area contributed by atoms with Gasteiger partial charge in [0.05, 0.1) is 22.8 Å². The maximum absolute atomic E-state index is 11.6. The van der Waals surface area contributed by atoms with Crippen LogP contribution < -0.4 is 10.6 Å². The highest BCUT2D eigenvalue weighted by Gasteiger charge is 2.25. The molecule has 10 heteroatoms. The lowest BCUT2D eigenvalue weighted by Crippen LogP contribution is -2.47. The number of fused-ring (bicyclic) bond motifs is 3. The Balaban J connectivity index is 1.34. The molecule has 0 bridgehead atoms. The van der Waals surface area contributed by atoms with Crippen LogP contribution in [0.25, 0.3) is 10.6 Å². The summed E-state index contributed by atoms with van der Waals surface area (Å²) in [6.45, 7) is 9.19. The van der Waals surface area contributed by atoms with Crippen molar-refractivity contribution in [2.24, 2.45) is 0 Å². The maximum Gasteiger partial charge on any atom is 0.227 e. The summed E-state index contributed by atoms with van der Waals surface area (Å²) in [7, 11) is 0. The van der Waals surface area contributed by atoms with Crippen molar-refractivity contribution in [2.75, 3.05) is 36.8 Å². The minimum Gasteiger partial charge on any atom is -0.340 e. The molecule has 182 valence electrons. The van der Waals surface area contributed by atoms with Crippen LogP contribution in [-0.2, 0) is 29.0 Å². The van der Waals surface area contributed by atoms with Gasteiger partial charge in [0.1, 0.15) is 5.01 Å². The second kappa shape index (κ2) is 9.71. The van der Waals surface area contributed by atoms with Gasteiger partial charge in [-0.1, -0.05) is 0 Å². The number of nitrogens with zero attached hydrogens (tertiary/aromatic N) is 5. The second-order valence-electron chi connectivity index (χ2n) is 9.13. The Kier molecular flexibility index (Phi) is 6.48. The molecule has 5 rings (SSSR count). The highest BCUT2D eigenvalue weighted by Crippen LogP contribution is 2.37. The molecular formula is C25H29N7O2S. The first-order chi connectivity index (χ1) is 16.8. The third kappa shape index (κ3) is 5.33. The minimum absolute atomic E-state index is 0.110. The van der Waals surface area contributed by atoms with Crippen LogP contribution in [-0.4, -0.2) is 62.7 Å². The standard InChI is InChI=1S/C25H29N7O2S/c1-15-10-19(27-16(2)33)12-20(11-15)28-25-26-13-18-4-5-21-24(23(18)30-25)35-22(29-21)14-31-6-8-32(9-7-31)17(3)34/h10-13H,4-9,14H2,1-3H3,(H,27,33)(H,26,28,30). The number of aryl methyl sites for hydroxylation is 3. The third-order valence-corrected chi connectivity index (χ3v) is 7.37. The zero-order valence-electron chi connectivity index (χ0n) is 20.2. The molecule has 1 aromatic carbocycles. The lowest BCUT2D eigenvalue weighted by molar-refractivity contribution is -0.130. The van der Waals surface area contributed by atoms with Crippen molar-refractivity contribution >= 4 is 40.5 Å². The van der Waals surface area contributed by atoms with Crippen molar-refractivity contribution in [1.29, 1.82) is 0 Å². The van der Waals surface area contributed by atoms with E-state index >= 15 is 0 Å². The highest BCUT2D eigenvalue weighted by molar-refractivity contribution is 7.15. The fourth-order valence-electron chi connectivity index (χ4n) is 4.59. The number of amides is 2. The summed E-state index contributed by atoms with van der Waals surface area (Å²) < 4.78 is 0. The van der Waals surface area contributed by atoms with Crippen molar-refractivity contribution in [3.8, 4) is 10.6 Å². The molecule has 0 atom stereocenters. The molecule has 3 aromatic rings. The molecule has 1 saturated heterocycles. The fourth-order valence-corrected chi connectivity index (χ4v) is 5.77. The molecule has 0 unspecified atom stereocenters. The van der Waals surface area contributed by atoms with Gasteiger partial charge in [-0.15, -0.1) is 11.3 Å². The number of carbonyl (C=O) groups is 2. The lowest BCUT2D eigenvalue weighted by atomic mass is 10.00. The molecular weight excluding hydrogens is 462 g/mol. The van der Waals surface area contributed by atoms with Crippen LogP contribution in [0.5, 0.6) is 0 Å². The van der Waals surface area contributed by atoms with E-state index in [-0.39, 0.29) is 11.8 Å². The summed E-state index contributed by atoms with van der Waals surface area (Å²) in [4.78, 5) is 42.8. The van der Waals surface area contributed by atoms with Crippen LogP contribution >= 0.6 is 11.3 Å². The number of anilines is 3. The fraction of sp³-hybridized carbons (Fsp3) is 0.400. The van der Waals surface area contributed by atoms with E-state index in [9.17, 15) is 9.59 Å². The minimum atomic E-state index is -0.110. The molecule has 2 amide bonds. The Labute approximate surface area is 208 Å². The third-order valence-electron chi connectivity index (χ3n) is 6.28. The Morgan fingerprint density at radius 3 is 2.54 bits per heavy atom. The molecule has 0 saturated carbocycles. The zero-order chi connectivity index (χ0) is 24.5. The molecule has 35 heavy (non-hydrogen) atoms. The van der Waals surface area contributed by atoms with E-state index in [1.54, 1.807) is 18.3 Å². The number of hydrogen-bond donors (Lipinski definition) is 2. The number of nitrogens with one attached hydrogen (secondary N) is 2. The molecule has 1 aliphatic carbocycles. The van der Waals surface area contributed by atoms with Gasteiger partial charge in [-0.05, 0) is 49.1 Å². The Morgan fingerprint density at radius 2 is 1.80 bits per heavy atom. The van der Waals surface area contributed by atoms with E-state index in [1.165, 1.54) is 6.92 Å². The molecule has 0 radical (unpaired) electrons. The number of aromatic nitrogens is 3. The number of benzene rings is 1. The molecule has 2 aliphatic rings. The first-order valence-electron chi connectivity index (χ1n) is 11.8. The van der Waals surface area contributed by atoms with E-state index in [0.717, 1.165) is 89.3 Å². The summed E-state index contributed by atoms with van der Waals surface area (Å²) in [6, 6.07) is 5.79. The number of hydrogen-bond acceptors (Lipinski definition) is 8. The Morgan fingerprint density at radius 1 is 1.03 bits per heavy atom. The van der Waals surface area contributed by atoms with Gasteiger partial charge < -0.3 is 15.5 Å². The highest BCUT2D eigenvalue weighted by atomic mass is 32.1. The maximum atomic E-state index is 11.6. The van der Waals surface area contributed by atoms with Crippen LogP contribution in [0.2, 0.25) is 0 Å². The van der Waals surface area contributed by atoms with Gasteiger partial charge in [0.25, 0.3) is 0 Å². The predicted molar refractivity (Wildman–Crippen MR) is 137 cm³/mol. The van der Waals surface area contributed by atoms with Crippen molar-refractivity contribution in [3.63, 3.8) is 0 Å². The van der Waals surface area contributed by atoms with E-state index < -0.39 is 0 Å². The number of rotatable bonds is 5. The first-order valence-corrected chi connectivity index (χ1v) is 12.6. The molecule has 1 fully saturated rings. The number of carbonyl (C=O) groups excluding carboxylic acids is 2. The molecule has 3 heterocycles. The number of thiazole rings is 1. The molecule has 2 aromatic heterocycles. The largest absolute Gasteiger partial charge is 0.340 e. The van der Waals surface area contributed by atoms with Crippen molar-refractivity contribution in [3.05, 3.63) is 46.2 Å².